The van der Waals surface area contributed by atoms with Crippen LogP contribution in [0.1, 0.15) is 94.7 Å². The van der Waals surface area contributed by atoms with Gasteiger partial charge in [0.1, 0.15) is 0 Å². The van der Waals surface area contributed by atoms with Gasteiger partial charge in [-0.2, -0.15) is 0 Å². The Morgan fingerprint density at radius 2 is 1.73 bits per heavy atom. The molecule has 1 aliphatic carbocycles. The molecular formula is C27H37N3O2S. The number of hydrogen-bond acceptors (Lipinski definition) is 4. The quantitative estimate of drug-likeness (QED) is 0.608. The largest absolute Gasteiger partial charge is 0.370 e. The van der Waals surface area contributed by atoms with Crippen LogP contribution in [0.2, 0.25) is 0 Å². The second kappa shape index (κ2) is 9.21. The molecule has 1 saturated heterocycles. The fourth-order valence-corrected chi connectivity index (χ4v) is 6.30. The molecule has 0 radical (unpaired) electrons. The number of amides is 2. The smallest absolute Gasteiger partial charge is 0.222 e. The Hall–Kier alpha value is -2.21. The topological polar surface area (TPSA) is 76.3 Å². The van der Waals surface area contributed by atoms with Crippen LogP contribution < -0.4 is 5.73 Å². The zero-order valence-corrected chi connectivity index (χ0v) is 21.3. The molecule has 6 heteroatoms. The van der Waals surface area contributed by atoms with Crippen molar-refractivity contribution in [3.63, 3.8) is 0 Å². The summed E-state index contributed by atoms with van der Waals surface area (Å²) in [6.45, 7) is 11.0. The van der Waals surface area contributed by atoms with Crippen molar-refractivity contribution in [3.05, 3.63) is 39.7 Å². The number of primary amides is 1. The summed E-state index contributed by atoms with van der Waals surface area (Å²) in [4.78, 5) is 30.2. The van der Waals surface area contributed by atoms with Crippen LogP contribution in [-0.2, 0) is 20.4 Å². The summed E-state index contributed by atoms with van der Waals surface area (Å²) in [7, 11) is 0. The van der Waals surface area contributed by atoms with Crippen LogP contribution in [0.5, 0.6) is 0 Å². The molecule has 1 aliphatic heterocycles. The highest BCUT2D eigenvalue weighted by Gasteiger charge is 2.37. The van der Waals surface area contributed by atoms with Crippen LogP contribution in [0.25, 0.3) is 11.3 Å². The van der Waals surface area contributed by atoms with Crippen LogP contribution in [0.3, 0.4) is 0 Å². The number of fused-ring (bicyclic) bond motifs is 1. The Morgan fingerprint density at radius 1 is 1.06 bits per heavy atom. The van der Waals surface area contributed by atoms with E-state index in [1.54, 1.807) is 11.3 Å². The van der Waals surface area contributed by atoms with Crippen molar-refractivity contribution in [3.8, 4) is 11.3 Å². The molecule has 2 amide bonds. The molecule has 0 saturated carbocycles. The van der Waals surface area contributed by atoms with E-state index in [-0.39, 0.29) is 29.1 Å². The Balaban J connectivity index is 1.42. The summed E-state index contributed by atoms with van der Waals surface area (Å²) >= 11 is 1.75. The average molecular weight is 468 g/mol. The molecule has 2 N–H and O–H groups in total. The van der Waals surface area contributed by atoms with Gasteiger partial charge in [0.05, 0.1) is 10.7 Å². The molecule has 2 aliphatic rings. The third-order valence-electron chi connectivity index (χ3n) is 7.68. The first-order chi connectivity index (χ1) is 15.6. The monoisotopic (exact) mass is 467 g/mol. The van der Waals surface area contributed by atoms with Gasteiger partial charge in [-0.3, -0.25) is 9.59 Å². The number of nitrogens with two attached hydrogens (primary N) is 1. The highest BCUT2D eigenvalue weighted by atomic mass is 32.1. The second-order valence-corrected chi connectivity index (χ2v) is 12.0. The number of aromatic nitrogens is 1. The molecule has 2 heterocycles. The molecule has 0 bridgehead atoms. The van der Waals surface area contributed by atoms with Crippen molar-refractivity contribution in [1.29, 1.82) is 0 Å². The number of piperidine rings is 1. The Labute approximate surface area is 201 Å². The molecule has 0 spiro atoms. The maximum Gasteiger partial charge on any atom is 0.222 e. The van der Waals surface area contributed by atoms with Crippen molar-refractivity contribution in [2.45, 2.75) is 89.4 Å². The van der Waals surface area contributed by atoms with E-state index < -0.39 is 0 Å². The van der Waals surface area contributed by atoms with E-state index in [1.807, 2.05) is 4.90 Å². The lowest BCUT2D eigenvalue weighted by molar-refractivity contribution is -0.132. The van der Waals surface area contributed by atoms with E-state index in [4.69, 9.17) is 10.7 Å². The zero-order chi connectivity index (χ0) is 23.8. The third kappa shape index (κ3) is 5.16. The molecule has 0 atom stereocenters. The number of likely N-dealkylation sites (tertiary alicyclic amines) is 1. The van der Waals surface area contributed by atoms with Gasteiger partial charge in [-0.05, 0) is 60.1 Å². The van der Waals surface area contributed by atoms with Crippen LogP contribution in [0.15, 0.2) is 23.6 Å². The minimum Gasteiger partial charge on any atom is -0.370 e. The second-order valence-electron chi connectivity index (χ2n) is 11.1. The number of benzene rings is 1. The van der Waals surface area contributed by atoms with Crippen molar-refractivity contribution in [2.75, 3.05) is 13.1 Å². The summed E-state index contributed by atoms with van der Waals surface area (Å²) in [6, 6.07) is 6.95. The van der Waals surface area contributed by atoms with Gasteiger partial charge < -0.3 is 10.6 Å². The van der Waals surface area contributed by atoms with Gasteiger partial charge >= 0.3 is 0 Å². The van der Waals surface area contributed by atoms with Crippen LogP contribution >= 0.6 is 11.3 Å². The summed E-state index contributed by atoms with van der Waals surface area (Å²) < 4.78 is 0. The molecule has 2 aromatic rings. The van der Waals surface area contributed by atoms with Crippen LogP contribution in [-0.4, -0.2) is 34.8 Å². The van der Waals surface area contributed by atoms with E-state index >= 15 is 0 Å². The summed E-state index contributed by atoms with van der Waals surface area (Å²) in [6.07, 6.45) is 5.54. The van der Waals surface area contributed by atoms with E-state index in [1.165, 1.54) is 34.5 Å². The number of nitrogens with zero attached hydrogens (tertiary/aromatic N) is 2. The first-order valence-electron chi connectivity index (χ1n) is 12.2. The molecular weight excluding hydrogens is 430 g/mol. The first-order valence-corrected chi connectivity index (χ1v) is 13.1. The first kappa shape index (κ1) is 23.9. The molecule has 1 aromatic heterocycles. The third-order valence-corrected chi connectivity index (χ3v) is 8.69. The molecule has 5 nitrogen and oxygen atoms in total. The number of thiazole rings is 1. The van der Waals surface area contributed by atoms with Gasteiger partial charge in [0.2, 0.25) is 11.8 Å². The fourth-order valence-electron chi connectivity index (χ4n) is 5.30. The van der Waals surface area contributed by atoms with Crippen molar-refractivity contribution < 1.29 is 9.59 Å². The highest BCUT2D eigenvalue weighted by molar-refractivity contribution is 7.10. The predicted molar refractivity (Wildman–Crippen MR) is 134 cm³/mol. The van der Waals surface area contributed by atoms with E-state index in [9.17, 15) is 9.59 Å². The van der Waals surface area contributed by atoms with Gasteiger partial charge in [0.15, 0.2) is 0 Å². The van der Waals surface area contributed by atoms with E-state index in [2.05, 4.69) is 51.3 Å². The average Bonchev–Trinajstić information content (AvgIpc) is 3.27. The Morgan fingerprint density at radius 3 is 2.39 bits per heavy atom. The fraction of sp³-hybridized carbons (Fsp3) is 0.593. The Bertz CT molecular complexity index is 1030. The van der Waals surface area contributed by atoms with Crippen LogP contribution in [0, 0.1) is 0 Å². The van der Waals surface area contributed by atoms with Gasteiger partial charge in [-0.25, -0.2) is 4.98 Å². The van der Waals surface area contributed by atoms with Crippen molar-refractivity contribution in [2.24, 2.45) is 5.73 Å². The zero-order valence-electron chi connectivity index (χ0n) is 20.4. The maximum absolute atomic E-state index is 12.4. The van der Waals surface area contributed by atoms with Gasteiger partial charge in [-0.1, -0.05) is 39.8 Å². The highest BCUT2D eigenvalue weighted by Crippen LogP contribution is 2.47. The number of carbonyl (C=O) groups is 2. The minimum atomic E-state index is -0.340. The SMILES string of the molecule is CC1(C)CCC(C)(C)c2cc(-c3csc(C4CCN(C(=O)CCCC(N)=O)CC4)n3)ccc21. The molecule has 1 aromatic carbocycles. The lowest BCUT2D eigenvalue weighted by atomic mass is 9.63. The number of hydrogen-bond donors (Lipinski definition) is 1. The summed E-state index contributed by atoms with van der Waals surface area (Å²) in [5.41, 5.74) is 10.8. The minimum absolute atomic E-state index is 0.133. The number of carbonyl (C=O) groups excluding carboxylic acids is 2. The maximum atomic E-state index is 12.4. The van der Waals surface area contributed by atoms with Gasteiger partial charge in [0, 0.05) is 42.8 Å². The van der Waals surface area contributed by atoms with E-state index in [0.29, 0.717) is 18.8 Å². The summed E-state index contributed by atoms with van der Waals surface area (Å²) in [5, 5.41) is 3.38. The lowest BCUT2D eigenvalue weighted by Crippen LogP contribution is -2.37. The Kier molecular flexibility index (Phi) is 6.68. The van der Waals surface area contributed by atoms with E-state index in [0.717, 1.165) is 31.6 Å². The van der Waals surface area contributed by atoms with Gasteiger partial charge in [0.25, 0.3) is 0 Å². The predicted octanol–water partition coefficient (Wildman–Crippen LogP) is 5.52. The normalized spacial score (nSPS) is 19.8. The number of rotatable bonds is 6. The molecule has 0 unspecified atom stereocenters. The molecule has 1 fully saturated rings. The lowest BCUT2D eigenvalue weighted by Gasteiger charge is -2.42. The standard InChI is InChI=1S/C27H37N3O2S/c1-26(2)12-13-27(3,4)21-16-19(8-9-20(21)26)22-17-33-25(29-22)18-10-14-30(15-11-18)24(32)7-5-6-23(28)31/h8-9,16-18H,5-7,10-15H2,1-4H3,(H2,28,31). The van der Waals surface area contributed by atoms with Crippen molar-refractivity contribution in [1.82, 2.24) is 9.88 Å². The van der Waals surface area contributed by atoms with Crippen LogP contribution in [0.4, 0.5) is 0 Å². The molecule has 178 valence electrons. The molecule has 4 rings (SSSR count). The summed E-state index contributed by atoms with van der Waals surface area (Å²) in [5.74, 6) is 0.202. The van der Waals surface area contributed by atoms with Gasteiger partial charge in [-0.15, -0.1) is 11.3 Å². The van der Waals surface area contributed by atoms with Crippen molar-refractivity contribution >= 4 is 23.2 Å². The molecule has 33 heavy (non-hydrogen) atoms.